The van der Waals surface area contributed by atoms with Crippen LogP contribution in [0.15, 0.2) is 59.4 Å². The second-order valence-electron chi connectivity index (χ2n) is 3.83. The van der Waals surface area contributed by atoms with Crippen LogP contribution in [0.5, 0.6) is 0 Å². The van der Waals surface area contributed by atoms with Crippen molar-refractivity contribution in [2.45, 2.75) is 0 Å². The zero-order valence-corrected chi connectivity index (χ0v) is 12.7. The highest BCUT2D eigenvalue weighted by atomic mass is 127. The molecule has 18 heavy (non-hydrogen) atoms. The Hall–Kier alpha value is -1.43. The van der Waals surface area contributed by atoms with E-state index in [2.05, 4.69) is 37.6 Å². The molecule has 0 N–H and O–H groups in total. The molecule has 1 heterocycles. The summed E-state index contributed by atoms with van der Waals surface area (Å²) in [5.74, 6) is 0. The molecule has 0 aliphatic carbocycles. The zero-order chi connectivity index (χ0) is 12.8. The van der Waals surface area contributed by atoms with E-state index in [9.17, 15) is 0 Å². The van der Waals surface area contributed by atoms with Gasteiger partial charge < -0.3 is 3.11 Å². The minimum atomic E-state index is -0.00462. The molecule has 0 radical (unpaired) electrons. The minimum Gasteiger partial charge on any atom is -0.330 e. The molecule has 1 aliphatic rings. The lowest BCUT2D eigenvalue weighted by molar-refractivity contribution is 0.835. The van der Waals surface area contributed by atoms with Gasteiger partial charge in [0.1, 0.15) is 0 Å². The fourth-order valence-corrected chi connectivity index (χ4v) is 2.85. The first-order valence-electron chi connectivity index (χ1n) is 5.67. The molecule has 0 fully saturated rings. The van der Waals surface area contributed by atoms with E-state index in [1.54, 1.807) is 0 Å². The van der Waals surface area contributed by atoms with Crippen molar-refractivity contribution in [3.63, 3.8) is 0 Å². The minimum absolute atomic E-state index is 0.00462. The van der Waals surface area contributed by atoms with E-state index in [1.807, 2.05) is 48.6 Å². The van der Waals surface area contributed by atoms with E-state index in [-0.39, 0.29) is 21.0 Å². The highest BCUT2D eigenvalue weighted by molar-refractivity contribution is 14.2. The topological polar surface area (TPSA) is 18.8 Å². The summed E-state index contributed by atoms with van der Waals surface area (Å²) in [6.07, 6.45) is 8.22. The molecule has 3 nitrogen and oxygen atoms in total. The molecule has 94 valence electrons. The van der Waals surface area contributed by atoms with E-state index in [0.717, 1.165) is 11.3 Å². The fraction of sp³-hybridized carbons (Fsp3) is 0.143. The molecule has 0 amide bonds. The Kier molecular flexibility index (Phi) is 4.69. The van der Waals surface area contributed by atoms with Crippen LogP contribution < -0.4 is 5.01 Å². The molecule has 0 aromatic heterocycles. The van der Waals surface area contributed by atoms with Crippen molar-refractivity contribution in [1.82, 2.24) is 3.11 Å². The van der Waals surface area contributed by atoms with Gasteiger partial charge in [0, 0.05) is 20.3 Å². The molecule has 0 bridgehead atoms. The summed E-state index contributed by atoms with van der Waals surface area (Å²) in [5, 5.41) is 6.32. The number of hydrazone groups is 1. The molecular weight excluding hydrogens is 337 g/mol. The predicted molar refractivity (Wildman–Crippen MR) is 88.4 cm³/mol. The predicted octanol–water partition coefficient (Wildman–Crippen LogP) is 3.18. The third kappa shape index (κ3) is 3.80. The quantitative estimate of drug-likeness (QED) is 0.360. The summed E-state index contributed by atoms with van der Waals surface area (Å²) in [5.41, 5.74) is 2.21. The van der Waals surface area contributed by atoms with E-state index in [1.165, 1.54) is 0 Å². The number of nitrogens with zero attached hydrogens (tertiary/aromatic N) is 3. The number of para-hydroxylation sites is 1. The first-order valence-corrected chi connectivity index (χ1v) is 7.88. The van der Waals surface area contributed by atoms with Gasteiger partial charge in [0.05, 0.1) is 11.9 Å². The molecule has 0 spiro atoms. The van der Waals surface area contributed by atoms with E-state index >= 15 is 0 Å². The Bertz CT molecular complexity index is 503. The van der Waals surface area contributed by atoms with Crippen LogP contribution in [-0.2, 0) is 0 Å². The zero-order valence-electron chi connectivity index (χ0n) is 10.5. The maximum atomic E-state index is 4.45. The van der Waals surface area contributed by atoms with Gasteiger partial charge in [0.15, 0.2) is 0 Å². The van der Waals surface area contributed by atoms with Gasteiger partial charge in [-0.05, 0) is 54.9 Å². The van der Waals surface area contributed by atoms with Crippen LogP contribution in [0.3, 0.4) is 0 Å². The molecule has 1 aromatic carbocycles. The summed E-state index contributed by atoms with van der Waals surface area (Å²) >= 11 is -0.00462. The van der Waals surface area contributed by atoms with Gasteiger partial charge in [-0.2, -0.15) is 5.10 Å². The number of halogens is 1. The second kappa shape index (κ2) is 6.49. The van der Waals surface area contributed by atoms with Gasteiger partial charge in [-0.25, -0.2) is 0 Å². The number of benzene rings is 1. The molecule has 1 aromatic rings. The first kappa shape index (κ1) is 13.0. The molecule has 2 rings (SSSR count). The van der Waals surface area contributed by atoms with Gasteiger partial charge in [-0.3, -0.25) is 5.01 Å². The smallest absolute Gasteiger partial charge is 0.0590 e. The lowest BCUT2D eigenvalue weighted by Gasteiger charge is -2.12. The average molecular weight is 353 g/mol. The molecule has 0 unspecified atom stereocenters. The van der Waals surface area contributed by atoms with Crippen molar-refractivity contribution in [3.05, 3.63) is 54.3 Å². The summed E-state index contributed by atoms with van der Waals surface area (Å²) in [4.78, 5) is 0. The Balaban J connectivity index is 2.06. The largest absolute Gasteiger partial charge is 0.330 e. The van der Waals surface area contributed by atoms with E-state index in [0.29, 0.717) is 0 Å². The van der Waals surface area contributed by atoms with Gasteiger partial charge in [0.25, 0.3) is 0 Å². The van der Waals surface area contributed by atoms with Gasteiger partial charge >= 0.3 is 0 Å². The van der Waals surface area contributed by atoms with Gasteiger partial charge in [-0.15, -0.1) is 0 Å². The number of anilines is 1. The standard InChI is InChI=1S/C14H16IN3/c1-17-11-9-13(8-10-15-17)12-16-18(2)14-6-4-3-5-7-14/h3-12H,1-2H3. The lowest BCUT2D eigenvalue weighted by Crippen LogP contribution is -2.08. The van der Waals surface area contributed by atoms with Crippen molar-refractivity contribution >= 4 is 36.9 Å². The summed E-state index contributed by atoms with van der Waals surface area (Å²) in [6, 6.07) is 10.1. The van der Waals surface area contributed by atoms with E-state index < -0.39 is 0 Å². The summed E-state index contributed by atoms with van der Waals surface area (Å²) < 4.78 is 4.47. The number of allylic oxidation sites excluding steroid dienone is 3. The maximum Gasteiger partial charge on any atom is 0.0590 e. The van der Waals surface area contributed by atoms with Crippen LogP contribution in [0.4, 0.5) is 5.69 Å². The third-order valence-electron chi connectivity index (χ3n) is 2.45. The molecule has 1 aliphatic heterocycles. The Morgan fingerprint density at radius 1 is 1.28 bits per heavy atom. The highest BCUT2D eigenvalue weighted by Crippen LogP contribution is 2.12. The number of hydrogen-bond acceptors (Lipinski definition) is 3. The first-order chi connectivity index (χ1) is 8.75. The van der Waals surface area contributed by atoms with Crippen LogP contribution >= 0.6 is 21.0 Å². The van der Waals surface area contributed by atoms with Gasteiger partial charge in [-0.1, -0.05) is 18.2 Å². The summed E-state index contributed by atoms with van der Waals surface area (Å²) in [6.45, 7) is 0. The molecule has 0 saturated heterocycles. The third-order valence-corrected chi connectivity index (χ3v) is 4.33. The maximum absolute atomic E-state index is 4.45. The van der Waals surface area contributed by atoms with Gasteiger partial charge in [0.2, 0.25) is 0 Å². The fourth-order valence-electron chi connectivity index (χ4n) is 1.42. The van der Waals surface area contributed by atoms with Crippen LogP contribution in [0.2, 0.25) is 0 Å². The average Bonchev–Trinajstić information content (AvgIpc) is 2.62. The monoisotopic (exact) mass is 353 g/mol. The number of rotatable bonds is 3. The van der Waals surface area contributed by atoms with Crippen molar-refractivity contribution in [2.24, 2.45) is 5.10 Å². The van der Waals surface area contributed by atoms with Crippen LogP contribution in [0, 0.1) is 0 Å². The van der Waals surface area contributed by atoms with Crippen LogP contribution in [-0.4, -0.2) is 27.4 Å². The second-order valence-corrected chi connectivity index (χ2v) is 6.63. The van der Waals surface area contributed by atoms with E-state index in [4.69, 9.17) is 0 Å². The van der Waals surface area contributed by atoms with Crippen molar-refractivity contribution < 1.29 is 0 Å². The lowest BCUT2D eigenvalue weighted by atomic mass is 10.3. The van der Waals surface area contributed by atoms with Crippen molar-refractivity contribution in [3.8, 4) is 0 Å². The Morgan fingerprint density at radius 3 is 2.83 bits per heavy atom. The SMILES string of the molecule is CN1C=CC(C=NN(C)c2ccccc2)=CC=I1. The Morgan fingerprint density at radius 2 is 2.06 bits per heavy atom. The van der Waals surface area contributed by atoms with Crippen LogP contribution in [0.25, 0.3) is 0 Å². The highest BCUT2D eigenvalue weighted by Gasteiger charge is 1.96. The molecular formula is C14H16IN3. The summed E-state index contributed by atoms with van der Waals surface area (Å²) in [7, 11) is 4.06. The van der Waals surface area contributed by atoms with Crippen LogP contribution in [0.1, 0.15) is 0 Å². The van der Waals surface area contributed by atoms with Crippen molar-refractivity contribution in [1.29, 1.82) is 0 Å². The Labute approximate surface area is 118 Å². The molecule has 4 heteroatoms. The van der Waals surface area contributed by atoms with Crippen molar-refractivity contribution in [2.75, 3.05) is 19.1 Å². The number of hydrogen-bond donors (Lipinski definition) is 0. The normalized spacial score (nSPS) is 15.2. The molecule has 0 atom stereocenters. The molecule has 0 saturated carbocycles.